The summed E-state index contributed by atoms with van der Waals surface area (Å²) in [6.45, 7) is 5.51. The van der Waals surface area contributed by atoms with Gasteiger partial charge in [-0.05, 0) is 45.0 Å². The highest BCUT2D eigenvalue weighted by atomic mass is 16.5. The van der Waals surface area contributed by atoms with Gasteiger partial charge in [-0.2, -0.15) is 0 Å². The number of benzene rings is 1. The van der Waals surface area contributed by atoms with Crippen molar-refractivity contribution in [2.24, 2.45) is 4.99 Å². The molecule has 1 aromatic carbocycles. The molecular weight excluding hydrogens is 318 g/mol. The molecule has 0 N–H and O–H groups in total. The molecule has 0 spiro atoms. The van der Waals surface area contributed by atoms with E-state index in [1.165, 1.54) is 9.47 Å². The number of hydrogen-bond acceptors (Lipinski definition) is 4. The Labute approximate surface area is 146 Å². The molecular formula is C19H21N3O3. The summed E-state index contributed by atoms with van der Waals surface area (Å²) < 4.78 is 7.09. The van der Waals surface area contributed by atoms with Gasteiger partial charge in [0.15, 0.2) is 6.10 Å². The summed E-state index contributed by atoms with van der Waals surface area (Å²) in [7, 11) is 0. The van der Waals surface area contributed by atoms with Crippen LogP contribution < -0.4 is 15.1 Å². The first kappa shape index (κ1) is 17.0. The molecule has 1 aliphatic heterocycles. The number of carbonyl (C=O) groups excluding carboxylic acids is 2. The smallest absolute Gasteiger partial charge is 0.268 e. The lowest BCUT2D eigenvalue weighted by Gasteiger charge is -2.32. The van der Waals surface area contributed by atoms with Crippen LogP contribution in [0.15, 0.2) is 53.7 Å². The summed E-state index contributed by atoms with van der Waals surface area (Å²) >= 11 is 0. The quantitative estimate of drug-likeness (QED) is 0.861. The number of fused-ring (bicyclic) bond motifs is 1. The summed E-state index contributed by atoms with van der Waals surface area (Å²) in [5.41, 5.74) is 1.18. The van der Waals surface area contributed by atoms with Gasteiger partial charge in [0.2, 0.25) is 0 Å². The number of anilines is 1. The number of para-hydroxylation sites is 2. The molecule has 6 heteroatoms. The Morgan fingerprint density at radius 1 is 1.20 bits per heavy atom. The van der Waals surface area contributed by atoms with Crippen LogP contribution in [0.5, 0.6) is 5.75 Å². The van der Waals surface area contributed by atoms with Crippen LogP contribution in [0.3, 0.4) is 0 Å². The molecule has 1 aliphatic rings. The molecule has 1 atom stereocenters. The highest BCUT2D eigenvalue weighted by molar-refractivity contribution is 6.03. The first-order chi connectivity index (χ1) is 12.0. The average Bonchev–Trinajstić information content (AvgIpc) is 2.58. The number of carbonyl (C=O) groups is 2. The Hall–Kier alpha value is -2.89. The minimum atomic E-state index is -0.622. The Morgan fingerprint density at radius 3 is 2.68 bits per heavy atom. The number of nitrogens with zero attached hydrogens (tertiary/aromatic N) is 3. The zero-order valence-electron chi connectivity index (χ0n) is 14.5. The Kier molecular flexibility index (Phi) is 4.70. The summed E-state index contributed by atoms with van der Waals surface area (Å²) in [5.74, 6) is 0.149. The van der Waals surface area contributed by atoms with Gasteiger partial charge in [-0.25, -0.2) is 0 Å². The van der Waals surface area contributed by atoms with Crippen LogP contribution in [0.4, 0.5) is 5.69 Å². The third-order valence-corrected chi connectivity index (χ3v) is 3.86. The van der Waals surface area contributed by atoms with Gasteiger partial charge in [-0.15, -0.1) is 0 Å². The largest absolute Gasteiger partial charge is 0.479 e. The Balaban J connectivity index is 1.95. The van der Waals surface area contributed by atoms with Crippen LogP contribution in [0.25, 0.3) is 0 Å². The van der Waals surface area contributed by atoms with Crippen LogP contribution in [-0.4, -0.2) is 35.1 Å². The molecule has 0 aliphatic carbocycles. The van der Waals surface area contributed by atoms with Crippen molar-refractivity contribution in [2.75, 3.05) is 11.4 Å². The lowest BCUT2D eigenvalue weighted by atomic mass is 10.2. The van der Waals surface area contributed by atoms with Crippen molar-refractivity contribution < 1.29 is 14.3 Å². The van der Waals surface area contributed by atoms with E-state index in [0.717, 1.165) is 0 Å². The number of aromatic nitrogens is 1. The second kappa shape index (κ2) is 6.93. The molecule has 3 rings (SSSR count). The van der Waals surface area contributed by atoms with E-state index < -0.39 is 6.10 Å². The molecule has 0 radical (unpaired) electrons. The van der Waals surface area contributed by atoms with E-state index in [9.17, 15) is 9.59 Å². The van der Waals surface area contributed by atoms with Gasteiger partial charge in [0.25, 0.3) is 11.8 Å². The molecule has 0 unspecified atom stereocenters. The van der Waals surface area contributed by atoms with Crippen molar-refractivity contribution in [2.45, 2.75) is 32.9 Å². The predicted molar refractivity (Wildman–Crippen MR) is 94.6 cm³/mol. The maximum Gasteiger partial charge on any atom is 0.268 e. The lowest BCUT2D eigenvalue weighted by Crippen LogP contribution is -2.48. The second-order valence-corrected chi connectivity index (χ2v) is 6.20. The van der Waals surface area contributed by atoms with Crippen molar-refractivity contribution in [1.82, 2.24) is 4.57 Å². The van der Waals surface area contributed by atoms with Crippen LogP contribution in [0, 0.1) is 0 Å². The van der Waals surface area contributed by atoms with Crippen molar-refractivity contribution in [3.8, 4) is 5.75 Å². The van der Waals surface area contributed by atoms with E-state index in [1.807, 2.05) is 32.0 Å². The predicted octanol–water partition coefficient (Wildman–Crippen LogP) is 2.25. The van der Waals surface area contributed by atoms with E-state index >= 15 is 0 Å². The van der Waals surface area contributed by atoms with Gasteiger partial charge in [-0.3, -0.25) is 24.0 Å². The maximum atomic E-state index is 12.8. The normalized spacial score (nSPS) is 17.4. The standard InChI is InChI=1S/C19H21N3O3/c1-13(2)20-17-10-6-7-11-21(17)18(23)12-22-15-8-4-5-9-16(15)25-14(3)19(22)24/h4-11,13-14H,12H2,1-3H3/t14-/m1/s1. The highest BCUT2D eigenvalue weighted by Gasteiger charge is 2.32. The first-order valence-electron chi connectivity index (χ1n) is 8.29. The van der Waals surface area contributed by atoms with E-state index in [0.29, 0.717) is 16.9 Å². The maximum absolute atomic E-state index is 12.8. The van der Waals surface area contributed by atoms with Gasteiger partial charge >= 0.3 is 0 Å². The average molecular weight is 339 g/mol. The molecule has 0 fully saturated rings. The molecule has 1 aromatic heterocycles. The van der Waals surface area contributed by atoms with Crippen LogP contribution >= 0.6 is 0 Å². The van der Waals surface area contributed by atoms with Crippen molar-refractivity contribution in [3.05, 3.63) is 54.1 Å². The van der Waals surface area contributed by atoms with Crippen LogP contribution in [0.2, 0.25) is 0 Å². The molecule has 0 saturated heterocycles. The zero-order chi connectivity index (χ0) is 18.0. The monoisotopic (exact) mass is 339 g/mol. The zero-order valence-corrected chi connectivity index (χ0v) is 14.5. The van der Waals surface area contributed by atoms with E-state index in [2.05, 4.69) is 4.99 Å². The minimum Gasteiger partial charge on any atom is -0.479 e. The topological polar surface area (TPSA) is 63.9 Å². The molecule has 130 valence electrons. The van der Waals surface area contributed by atoms with E-state index in [4.69, 9.17) is 4.74 Å². The molecule has 0 saturated carbocycles. The van der Waals surface area contributed by atoms with Gasteiger partial charge in [0, 0.05) is 12.2 Å². The van der Waals surface area contributed by atoms with E-state index in [1.54, 1.807) is 37.4 Å². The Morgan fingerprint density at radius 2 is 1.92 bits per heavy atom. The third kappa shape index (κ3) is 3.47. The minimum absolute atomic E-state index is 0.0622. The number of ether oxygens (including phenoxy) is 1. The van der Waals surface area contributed by atoms with Crippen LogP contribution in [0.1, 0.15) is 25.6 Å². The van der Waals surface area contributed by atoms with Crippen molar-refractivity contribution in [3.63, 3.8) is 0 Å². The lowest BCUT2D eigenvalue weighted by molar-refractivity contribution is -0.125. The van der Waals surface area contributed by atoms with Crippen LogP contribution in [-0.2, 0) is 4.79 Å². The van der Waals surface area contributed by atoms with Gasteiger partial charge in [-0.1, -0.05) is 18.2 Å². The summed E-state index contributed by atoms with van der Waals surface area (Å²) in [6.07, 6.45) is 1.05. The molecule has 25 heavy (non-hydrogen) atoms. The molecule has 1 amide bonds. The highest BCUT2D eigenvalue weighted by Crippen LogP contribution is 2.33. The molecule has 6 nitrogen and oxygen atoms in total. The SMILES string of the molecule is CC(C)N=c1ccccn1C(=O)CN1C(=O)[C@@H](C)Oc2ccccc21. The number of pyridine rings is 1. The summed E-state index contributed by atoms with van der Waals surface area (Å²) in [6, 6.07) is 12.7. The van der Waals surface area contributed by atoms with E-state index in [-0.39, 0.29) is 24.4 Å². The first-order valence-corrected chi connectivity index (χ1v) is 8.29. The fourth-order valence-corrected chi connectivity index (χ4v) is 2.75. The third-order valence-electron chi connectivity index (χ3n) is 3.86. The molecule has 2 heterocycles. The number of amides is 1. The van der Waals surface area contributed by atoms with Crippen molar-refractivity contribution in [1.29, 1.82) is 0 Å². The van der Waals surface area contributed by atoms with Gasteiger partial charge in [0.05, 0.1) is 5.69 Å². The fourth-order valence-electron chi connectivity index (χ4n) is 2.75. The number of hydrogen-bond donors (Lipinski definition) is 0. The molecule has 2 aromatic rings. The second-order valence-electron chi connectivity index (χ2n) is 6.20. The number of rotatable bonds is 3. The fraction of sp³-hybridized carbons (Fsp3) is 0.316. The Bertz CT molecular complexity index is 870. The van der Waals surface area contributed by atoms with Gasteiger partial charge in [0.1, 0.15) is 17.8 Å². The summed E-state index contributed by atoms with van der Waals surface area (Å²) in [5, 5.41) is 0. The van der Waals surface area contributed by atoms with Crippen molar-refractivity contribution >= 4 is 17.5 Å². The summed E-state index contributed by atoms with van der Waals surface area (Å²) in [4.78, 5) is 31.3. The molecule has 0 bridgehead atoms. The van der Waals surface area contributed by atoms with Gasteiger partial charge < -0.3 is 4.74 Å².